The smallest absolute Gasteiger partial charge is 0.222 e. The van der Waals surface area contributed by atoms with E-state index in [2.05, 4.69) is 22.4 Å². The zero-order valence-electron chi connectivity index (χ0n) is 16.1. The quantitative estimate of drug-likeness (QED) is 0.708. The predicted octanol–water partition coefficient (Wildman–Crippen LogP) is 2.59. The maximum atomic E-state index is 12.6. The largest absolute Gasteiger partial charge is 0.469 e. The molecule has 1 saturated heterocycles. The van der Waals surface area contributed by atoms with E-state index in [4.69, 9.17) is 4.42 Å². The molecule has 1 fully saturated rings. The van der Waals surface area contributed by atoms with Gasteiger partial charge in [-0.25, -0.2) is 0 Å². The van der Waals surface area contributed by atoms with Gasteiger partial charge in [-0.3, -0.25) is 14.7 Å². The van der Waals surface area contributed by atoms with Crippen LogP contribution in [0.3, 0.4) is 0 Å². The summed E-state index contributed by atoms with van der Waals surface area (Å²) in [5.41, 5.74) is 1.57. The molecule has 1 unspecified atom stereocenters. The second-order valence-electron chi connectivity index (χ2n) is 7.47. The van der Waals surface area contributed by atoms with Crippen molar-refractivity contribution in [2.75, 3.05) is 7.05 Å². The lowest BCUT2D eigenvalue weighted by atomic mass is 9.87. The van der Waals surface area contributed by atoms with Crippen LogP contribution < -0.4 is 5.32 Å². The van der Waals surface area contributed by atoms with Gasteiger partial charge in [0.05, 0.1) is 24.2 Å². The first-order chi connectivity index (χ1) is 13.0. The monoisotopic (exact) mass is 372 g/mol. The number of nitrogens with one attached hydrogen (secondary N) is 2. The van der Waals surface area contributed by atoms with Gasteiger partial charge in [0.25, 0.3) is 0 Å². The minimum atomic E-state index is -0.395. The average molecular weight is 372 g/mol. The Morgan fingerprint density at radius 2 is 2.30 bits per heavy atom. The first-order valence-electron chi connectivity index (χ1n) is 9.60. The maximum Gasteiger partial charge on any atom is 0.222 e. The Kier molecular flexibility index (Phi) is 5.98. The fourth-order valence-corrected chi connectivity index (χ4v) is 3.68. The first kappa shape index (κ1) is 19.2. The lowest BCUT2D eigenvalue weighted by Gasteiger charge is -2.29. The van der Waals surface area contributed by atoms with Crippen molar-refractivity contribution >= 4 is 11.8 Å². The van der Waals surface area contributed by atoms with Crippen molar-refractivity contribution in [3.8, 4) is 0 Å². The molecule has 27 heavy (non-hydrogen) atoms. The van der Waals surface area contributed by atoms with Gasteiger partial charge in [-0.05, 0) is 37.5 Å². The summed E-state index contributed by atoms with van der Waals surface area (Å²) in [6.07, 6.45) is 6.44. The highest BCUT2D eigenvalue weighted by atomic mass is 16.3. The predicted molar refractivity (Wildman–Crippen MR) is 101 cm³/mol. The lowest BCUT2D eigenvalue weighted by molar-refractivity contribution is -0.131. The van der Waals surface area contributed by atoms with Crippen LogP contribution in [0.5, 0.6) is 0 Å². The Morgan fingerprint density at radius 1 is 1.44 bits per heavy atom. The van der Waals surface area contributed by atoms with Crippen molar-refractivity contribution in [1.29, 1.82) is 0 Å². The van der Waals surface area contributed by atoms with Crippen LogP contribution >= 0.6 is 0 Å². The van der Waals surface area contributed by atoms with E-state index in [1.165, 1.54) is 0 Å². The number of aromatic nitrogens is 2. The lowest BCUT2D eigenvalue weighted by Crippen LogP contribution is -2.44. The zero-order chi connectivity index (χ0) is 19.3. The Bertz CT molecular complexity index is 768. The average Bonchev–Trinajstić information content (AvgIpc) is 3.37. The SMILES string of the molecule is CCCc1cc(CN(C)C(=O)CCC2(Cc3ccco3)CCC(=O)N2)[nH]n1. The van der Waals surface area contributed by atoms with Crippen LogP contribution in [-0.2, 0) is 29.0 Å². The molecule has 0 aliphatic carbocycles. The molecule has 1 aliphatic rings. The summed E-state index contributed by atoms with van der Waals surface area (Å²) in [6.45, 7) is 2.62. The number of H-pyrrole nitrogens is 1. The molecule has 1 atom stereocenters. The highest BCUT2D eigenvalue weighted by Gasteiger charge is 2.38. The number of nitrogens with zero attached hydrogens (tertiary/aromatic N) is 2. The van der Waals surface area contributed by atoms with Crippen molar-refractivity contribution in [1.82, 2.24) is 20.4 Å². The number of rotatable bonds is 9. The third kappa shape index (κ3) is 4.99. The molecular formula is C20H28N4O3. The zero-order valence-corrected chi connectivity index (χ0v) is 16.1. The third-order valence-electron chi connectivity index (χ3n) is 5.17. The van der Waals surface area contributed by atoms with Gasteiger partial charge in [0, 0.05) is 31.8 Å². The molecule has 2 aromatic heterocycles. The molecule has 7 heteroatoms. The summed E-state index contributed by atoms with van der Waals surface area (Å²) in [5.74, 6) is 0.934. The Labute approximate surface area is 159 Å². The second kappa shape index (κ2) is 8.41. The van der Waals surface area contributed by atoms with E-state index in [-0.39, 0.29) is 11.8 Å². The summed E-state index contributed by atoms with van der Waals surface area (Å²) in [5, 5.41) is 10.4. The number of carbonyl (C=O) groups is 2. The number of carbonyl (C=O) groups excluding carboxylic acids is 2. The van der Waals surface area contributed by atoms with Crippen molar-refractivity contribution in [3.05, 3.63) is 41.6 Å². The Morgan fingerprint density at radius 3 is 2.96 bits per heavy atom. The van der Waals surface area contributed by atoms with E-state index in [0.717, 1.165) is 36.4 Å². The summed E-state index contributed by atoms with van der Waals surface area (Å²) in [6, 6.07) is 5.77. The molecule has 3 rings (SSSR count). The molecule has 0 spiro atoms. The molecular weight excluding hydrogens is 344 g/mol. The third-order valence-corrected chi connectivity index (χ3v) is 5.17. The highest BCUT2D eigenvalue weighted by molar-refractivity contribution is 5.80. The second-order valence-corrected chi connectivity index (χ2v) is 7.47. The molecule has 2 N–H and O–H groups in total. The van der Waals surface area contributed by atoms with E-state index in [0.29, 0.717) is 32.2 Å². The van der Waals surface area contributed by atoms with Crippen LogP contribution in [-0.4, -0.2) is 39.5 Å². The number of hydrogen-bond acceptors (Lipinski definition) is 4. The summed E-state index contributed by atoms with van der Waals surface area (Å²) < 4.78 is 5.45. The van der Waals surface area contributed by atoms with Gasteiger partial charge in [0.1, 0.15) is 5.76 Å². The van der Waals surface area contributed by atoms with E-state index in [1.54, 1.807) is 18.2 Å². The van der Waals surface area contributed by atoms with Crippen LogP contribution in [0.2, 0.25) is 0 Å². The van der Waals surface area contributed by atoms with Crippen LogP contribution in [0.15, 0.2) is 28.9 Å². The van der Waals surface area contributed by atoms with Gasteiger partial charge < -0.3 is 14.6 Å². The van der Waals surface area contributed by atoms with Crippen molar-refractivity contribution in [2.45, 2.75) is 64.0 Å². The molecule has 2 aromatic rings. The Balaban J connectivity index is 1.55. The van der Waals surface area contributed by atoms with Crippen molar-refractivity contribution in [3.63, 3.8) is 0 Å². The van der Waals surface area contributed by atoms with Crippen molar-refractivity contribution < 1.29 is 14.0 Å². The van der Waals surface area contributed by atoms with Crippen molar-refractivity contribution in [2.24, 2.45) is 0 Å². The summed E-state index contributed by atoms with van der Waals surface area (Å²) >= 11 is 0. The van der Waals surface area contributed by atoms with Crippen LogP contribution in [0.4, 0.5) is 0 Å². The number of furan rings is 1. The fraction of sp³-hybridized carbons (Fsp3) is 0.550. The molecule has 0 aromatic carbocycles. The molecule has 0 saturated carbocycles. The van der Waals surface area contributed by atoms with E-state index in [9.17, 15) is 9.59 Å². The number of aryl methyl sites for hydroxylation is 1. The molecule has 1 aliphatic heterocycles. The minimum Gasteiger partial charge on any atom is -0.469 e. The number of aromatic amines is 1. The van der Waals surface area contributed by atoms with Gasteiger partial charge in [-0.15, -0.1) is 0 Å². The molecule has 0 bridgehead atoms. The maximum absolute atomic E-state index is 12.6. The fourth-order valence-electron chi connectivity index (χ4n) is 3.68. The summed E-state index contributed by atoms with van der Waals surface area (Å²) in [7, 11) is 1.80. The Hall–Kier alpha value is -2.57. The molecule has 0 radical (unpaired) electrons. The number of hydrogen-bond donors (Lipinski definition) is 2. The van der Waals surface area contributed by atoms with Gasteiger partial charge in [-0.2, -0.15) is 5.10 Å². The normalized spacial score (nSPS) is 19.3. The molecule has 146 valence electrons. The summed E-state index contributed by atoms with van der Waals surface area (Å²) in [4.78, 5) is 26.1. The van der Waals surface area contributed by atoms with Crippen LogP contribution in [0, 0.1) is 0 Å². The topological polar surface area (TPSA) is 91.2 Å². The standard InChI is InChI=1S/C20H28N4O3/c1-3-5-15-12-16(23-22-15)14-24(2)19(26)8-10-20(9-7-18(25)21-20)13-17-6-4-11-27-17/h4,6,11-12H,3,5,7-10,13-14H2,1-2H3,(H,21,25)(H,22,23). The minimum absolute atomic E-state index is 0.0447. The van der Waals surface area contributed by atoms with E-state index in [1.807, 2.05) is 18.2 Å². The molecule has 7 nitrogen and oxygen atoms in total. The van der Waals surface area contributed by atoms with E-state index >= 15 is 0 Å². The number of amides is 2. The van der Waals surface area contributed by atoms with E-state index < -0.39 is 5.54 Å². The van der Waals surface area contributed by atoms with Crippen LogP contribution in [0.25, 0.3) is 0 Å². The highest BCUT2D eigenvalue weighted by Crippen LogP contribution is 2.30. The van der Waals surface area contributed by atoms with Crippen LogP contribution in [0.1, 0.15) is 56.2 Å². The van der Waals surface area contributed by atoms with Gasteiger partial charge >= 0.3 is 0 Å². The molecule has 3 heterocycles. The van der Waals surface area contributed by atoms with Gasteiger partial charge in [0.15, 0.2) is 0 Å². The molecule has 2 amide bonds. The van der Waals surface area contributed by atoms with Gasteiger partial charge in [0.2, 0.25) is 11.8 Å². The van der Waals surface area contributed by atoms with Gasteiger partial charge in [-0.1, -0.05) is 13.3 Å². The first-order valence-corrected chi connectivity index (χ1v) is 9.60.